The Kier molecular flexibility index (Phi) is 5.73. The maximum absolute atomic E-state index is 9.45. The van der Waals surface area contributed by atoms with Crippen LogP contribution < -0.4 is 4.74 Å². The van der Waals surface area contributed by atoms with Crippen LogP contribution >= 0.6 is 22.9 Å². The number of aromatic nitrogens is 3. The number of aliphatic hydroxyl groups excluding tert-OH is 1. The Balaban J connectivity index is 1.88. The number of hydrogen-bond acceptors (Lipinski definition) is 5. The third kappa shape index (κ3) is 4.39. The highest BCUT2D eigenvalue weighted by Gasteiger charge is 2.15. The number of benzene rings is 1. The number of ether oxygens (including phenoxy) is 1. The van der Waals surface area contributed by atoms with Gasteiger partial charge in [0.25, 0.3) is 5.19 Å². The van der Waals surface area contributed by atoms with E-state index in [0.717, 1.165) is 16.1 Å². The van der Waals surface area contributed by atoms with Crippen LogP contribution in [0.2, 0.25) is 5.02 Å². The zero-order valence-corrected chi connectivity index (χ0v) is 15.7. The molecule has 1 N–H and O–H groups in total. The molecule has 0 amide bonds. The Morgan fingerprint density at radius 3 is 2.84 bits per heavy atom. The second-order valence-corrected chi connectivity index (χ2v) is 7.52. The van der Waals surface area contributed by atoms with E-state index in [0.29, 0.717) is 35.0 Å². The molecule has 0 unspecified atom stereocenters. The first kappa shape index (κ1) is 17.9. The van der Waals surface area contributed by atoms with Crippen LogP contribution in [-0.4, -0.2) is 26.5 Å². The number of nitrogens with zero attached hydrogens (tertiary/aromatic N) is 3. The van der Waals surface area contributed by atoms with Crippen LogP contribution in [0.1, 0.15) is 25.1 Å². The van der Waals surface area contributed by atoms with Crippen LogP contribution in [0.5, 0.6) is 5.19 Å². The van der Waals surface area contributed by atoms with Crippen molar-refractivity contribution in [3.05, 3.63) is 52.8 Å². The minimum absolute atomic E-state index is 0.113. The third-order valence-corrected chi connectivity index (χ3v) is 4.85. The van der Waals surface area contributed by atoms with Crippen LogP contribution in [0.4, 0.5) is 0 Å². The topological polar surface area (TPSA) is 60.2 Å². The Morgan fingerprint density at radius 2 is 2.12 bits per heavy atom. The molecule has 0 aliphatic carbocycles. The summed E-state index contributed by atoms with van der Waals surface area (Å²) in [5, 5.41) is 15.3. The summed E-state index contributed by atoms with van der Waals surface area (Å²) in [6.07, 6.45) is 1.78. The van der Waals surface area contributed by atoms with Gasteiger partial charge >= 0.3 is 0 Å². The first-order chi connectivity index (χ1) is 12.1. The predicted octanol–water partition coefficient (Wildman–Crippen LogP) is 4.24. The fourth-order valence-corrected chi connectivity index (χ4v) is 3.33. The molecule has 0 bridgehead atoms. The van der Waals surface area contributed by atoms with Crippen LogP contribution in [0.25, 0.3) is 10.6 Å². The lowest BCUT2D eigenvalue weighted by atomic mass is 10.2. The summed E-state index contributed by atoms with van der Waals surface area (Å²) in [6, 6.07) is 9.54. The van der Waals surface area contributed by atoms with E-state index in [1.54, 1.807) is 6.20 Å². The summed E-state index contributed by atoms with van der Waals surface area (Å²) < 4.78 is 7.53. The van der Waals surface area contributed by atoms with Crippen LogP contribution in [0, 0.1) is 5.92 Å². The highest BCUT2D eigenvalue weighted by atomic mass is 35.5. The summed E-state index contributed by atoms with van der Waals surface area (Å²) >= 11 is 7.74. The lowest BCUT2D eigenvalue weighted by Gasteiger charge is -2.07. The van der Waals surface area contributed by atoms with Gasteiger partial charge in [-0.05, 0) is 23.6 Å². The van der Waals surface area contributed by atoms with E-state index >= 15 is 0 Å². The summed E-state index contributed by atoms with van der Waals surface area (Å²) in [6.45, 7) is 5.24. The van der Waals surface area contributed by atoms with Crippen molar-refractivity contribution in [2.24, 2.45) is 5.92 Å². The highest BCUT2D eigenvalue weighted by Crippen LogP contribution is 2.32. The zero-order valence-electron chi connectivity index (χ0n) is 14.1. The maximum atomic E-state index is 9.45. The van der Waals surface area contributed by atoms with Gasteiger partial charge in [-0.3, -0.25) is 4.68 Å². The third-order valence-electron chi connectivity index (χ3n) is 3.55. The minimum atomic E-state index is -0.113. The van der Waals surface area contributed by atoms with Crippen molar-refractivity contribution in [1.82, 2.24) is 14.8 Å². The largest absolute Gasteiger partial charge is 0.470 e. The molecule has 132 valence electrons. The average molecular weight is 378 g/mol. The standard InChI is InChI=1S/C18H20ClN3O2S/c1-12(2)11-24-18-20-8-17(25-18)16-7-14(10-23)21-22(16)9-13-5-3-4-6-15(13)19/h3-8,12,23H,9-11H2,1-2H3. The minimum Gasteiger partial charge on any atom is -0.470 e. The second-order valence-electron chi connectivity index (χ2n) is 6.12. The second kappa shape index (κ2) is 7.99. The van der Waals surface area contributed by atoms with Crippen molar-refractivity contribution in [1.29, 1.82) is 0 Å². The molecule has 0 spiro atoms. The number of rotatable bonds is 7. The van der Waals surface area contributed by atoms with E-state index in [1.165, 1.54) is 11.3 Å². The molecule has 0 saturated carbocycles. The molecule has 5 nitrogen and oxygen atoms in total. The molecule has 0 aliphatic rings. The number of halogens is 1. The van der Waals surface area contributed by atoms with Crippen molar-refractivity contribution < 1.29 is 9.84 Å². The molecule has 0 saturated heterocycles. The molecule has 0 aliphatic heterocycles. The first-order valence-electron chi connectivity index (χ1n) is 8.06. The Bertz CT molecular complexity index is 844. The van der Waals surface area contributed by atoms with E-state index in [2.05, 4.69) is 23.9 Å². The van der Waals surface area contributed by atoms with Gasteiger partial charge in [-0.25, -0.2) is 4.98 Å². The highest BCUT2D eigenvalue weighted by molar-refractivity contribution is 7.16. The lowest BCUT2D eigenvalue weighted by Crippen LogP contribution is -2.04. The average Bonchev–Trinajstić information content (AvgIpc) is 3.21. The predicted molar refractivity (Wildman–Crippen MR) is 100 cm³/mol. The van der Waals surface area contributed by atoms with Gasteiger partial charge in [0.2, 0.25) is 0 Å². The molecule has 7 heteroatoms. The Morgan fingerprint density at radius 1 is 1.32 bits per heavy atom. The van der Waals surface area contributed by atoms with Gasteiger partial charge in [0.1, 0.15) is 0 Å². The molecule has 0 atom stereocenters. The van der Waals surface area contributed by atoms with Gasteiger partial charge in [0.15, 0.2) is 0 Å². The fraction of sp³-hybridized carbons (Fsp3) is 0.333. The summed E-state index contributed by atoms with van der Waals surface area (Å²) in [5.41, 5.74) is 2.47. The van der Waals surface area contributed by atoms with Gasteiger partial charge in [-0.2, -0.15) is 5.10 Å². The van der Waals surface area contributed by atoms with E-state index < -0.39 is 0 Å². The van der Waals surface area contributed by atoms with Crippen LogP contribution in [0.15, 0.2) is 36.5 Å². The Labute approximate surface area is 155 Å². The summed E-state index contributed by atoms with van der Waals surface area (Å²) in [5.74, 6) is 0.444. The van der Waals surface area contributed by atoms with Crippen molar-refractivity contribution in [2.75, 3.05) is 6.61 Å². The molecule has 25 heavy (non-hydrogen) atoms. The van der Waals surface area contributed by atoms with Crippen molar-refractivity contribution in [3.8, 4) is 15.8 Å². The molecule has 1 aromatic carbocycles. The zero-order chi connectivity index (χ0) is 17.8. The van der Waals surface area contributed by atoms with E-state index in [1.807, 2.05) is 35.0 Å². The molecule has 0 radical (unpaired) electrons. The molecular formula is C18H20ClN3O2S. The Hall–Kier alpha value is -1.89. The summed E-state index contributed by atoms with van der Waals surface area (Å²) in [4.78, 5) is 5.27. The van der Waals surface area contributed by atoms with Gasteiger partial charge in [-0.1, -0.05) is 55.0 Å². The quantitative estimate of drug-likeness (QED) is 0.669. The SMILES string of the molecule is CC(C)COc1ncc(-c2cc(CO)nn2Cc2ccccc2Cl)s1. The van der Waals surface area contributed by atoms with Crippen LogP contribution in [-0.2, 0) is 13.2 Å². The van der Waals surface area contributed by atoms with Gasteiger partial charge in [-0.15, -0.1) is 0 Å². The lowest BCUT2D eigenvalue weighted by molar-refractivity contribution is 0.270. The normalized spacial score (nSPS) is 11.2. The number of aliphatic hydroxyl groups is 1. The molecule has 2 heterocycles. The molecular weight excluding hydrogens is 358 g/mol. The van der Waals surface area contributed by atoms with Crippen molar-refractivity contribution >= 4 is 22.9 Å². The van der Waals surface area contributed by atoms with E-state index in [4.69, 9.17) is 16.3 Å². The van der Waals surface area contributed by atoms with Gasteiger partial charge < -0.3 is 9.84 Å². The molecule has 3 aromatic rings. The van der Waals surface area contributed by atoms with Crippen molar-refractivity contribution in [2.45, 2.75) is 27.0 Å². The monoisotopic (exact) mass is 377 g/mol. The van der Waals surface area contributed by atoms with Gasteiger partial charge in [0.05, 0.1) is 42.2 Å². The summed E-state index contributed by atoms with van der Waals surface area (Å²) in [7, 11) is 0. The van der Waals surface area contributed by atoms with E-state index in [-0.39, 0.29) is 6.61 Å². The fourth-order valence-electron chi connectivity index (χ4n) is 2.34. The first-order valence-corrected chi connectivity index (χ1v) is 9.26. The van der Waals surface area contributed by atoms with Gasteiger partial charge in [0, 0.05) is 5.02 Å². The smallest absolute Gasteiger partial charge is 0.273 e. The van der Waals surface area contributed by atoms with Crippen LogP contribution in [0.3, 0.4) is 0 Å². The number of thiazole rings is 1. The number of hydrogen-bond donors (Lipinski definition) is 1. The molecule has 0 fully saturated rings. The molecule has 2 aromatic heterocycles. The molecule has 3 rings (SSSR count). The van der Waals surface area contributed by atoms with E-state index in [9.17, 15) is 5.11 Å². The maximum Gasteiger partial charge on any atom is 0.273 e. The van der Waals surface area contributed by atoms with Crippen molar-refractivity contribution in [3.63, 3.8) is 0 Å².